The average Bonchev–Trinajstić information content (AvgIpc) is 3.21. The summed E-state index contributed by atoms with van der Waals surface area (Å²) in [5.41, 5.74) is 1.70. The van der Waals surface area contributed by atoms with Crippen molar-refractivity contribution < 1.29 is 14.3 Å². The molecule has 1 N–H and O–H groups in total. The lowest BCUT2D eigenvalue weighted by Crippen LogP contribution is -2.10. The van der Waals surface area contributed by atoms with Crippen molar-refractivity contribution in [2.75, 3.05) is 12.4 Å². The van der Waals surface area contributed by atoms with Crippen LogP contribution in [0.25, 0.3) is 6.08 Å². The number of anilines is 1. The molecule has 0 spiro atoms. The first-order valence-corrected chi connectivity index (χ1v) is 9.82. The number of hydrogen-bond acceptors (Lipinski definition) is 4. The number of halogens is 2. The second-order valence-electron chi connectivity index (χ2n) is 5.72. The number of amides is 1. The maximum Gasteiger partial charge on any atom is 0.265 e. The van der Waals surface area contributed by atoms with Gasteiger partial charge >= 0.3 is 0 Å². The first-order valence-electron chi connectivity index (χ1n) is 8.18. The number of ketones is 1. The fourth-order valence-corrected chi connectivity index (χ4v) is 3.70. The lowest BCUT2D eigenvalue weighted by molar-refractivity contribution is 0.102. The third kappa shape index (κ3) is 4.81. The van der Waals surface area contributed by atoms with E-state index in [0.29, 0.717) is 37.5 Å². The van der Waals surface area contributed by atoms with E-state index < -0.39 is 0 Å². The van der Waals surface area contributed by atoms with E-state index in [1.807, 2.05) is 11.4 Å². The van der Waals surface area contributed by atoms with E-state index >= 15 is 0 Å². The van der Waals surface area contributed by atoms with Gasteiger partial charge in [-0.15, -0.1) is 11.3 Å². The van der Waals surface area contributed by atoms with E-state index in [1.165, 1.54) is 24.5 Å². The predicted octanol–water partition coefficient (Wildman–Crippen LogP) is 6.21. The summed E-state index contributed by atoms with van der Waals surface area (Å²) in [6.45, 7) is 0. The van der Waals surface area contributed by atoms with Crippen molar-refractivity contribution in [1.29, 1.82) is 0 Å². The molecule has 0 aliphatic heterocycles. The molecule has 142 valence electrons. The van der Waals surface area contributed by atoms with Gasteiger partial charge in [-0.05, 0) is 60.0 Å². The highest BCUT2D eigenvalue weighted by molar-refractivity contribution is 7.12. The van der Waals surface area contributed by atoms with Crippen LogP contribution in [-0.2, 0) is 0 Å². The fraction of sp³-hybridized carbons (Fsp3) is 0.0476. The zero-order valence-corrected chi connectivity index (χ0v) is 17.1. The summed E-state index contributed by atoms with van der Waals surface area (Å²) in [5.74, 6) is 0.0648. The number of hydrogen-bond donors (Lipinski definition) is 1. The summed E-state index contributed by atoms with van der Waals surface area (Å²) in [6, 6.07) is 13.5. The van der Waals surface area contributed by atoms with Gasteiger partial charge in [0.05, 0.1) is 17.0 Å². The van der Waals surface area contributed by atoms with Gasteiger partial charge in [-0.1, -0.05) is 29.3 Å². The van der Waals surface area contributed by atoms with Crippen molar-refractivity contribution >= 4 is 58.0 Å². The Bertz CT molecular complexity index is 1030. The van der Waals surface area contributed by atoms with Crippen molar-refractivity contribution in [3.8, 4) is 5.75 Å². The number of nitrogens with one attached hydrogen (secondary N) is 1. The van der Waals surface area contributed by atoms with Gasteiger partial charge in [-0.25, -0.2) is 0 Å². The maximum absolute atomic E-state index is 12.4. The van der Waals surface area contributed by atoms with Crippen LogP contribution >= 0.6 is 34.5 Å². The SMILES string of the molecule is COc1c(Cl)cc(Cl)cc1/C=C/C(=O)c1ccc(NC(=O)c2cccs2)cc1. The maximum atomic E-state index is 12.4. The minimum Gasteiger partial charge on any atom is -0.495 e. The number of ether oxygens (including phenoxy) is 1. The Morgan fingerprint density at radius 1 is 1.11 bits per heavy atom. The van der Waals surface area contributed by atoms with Gasteiger partial charge in [0.1, 0.15) is 5.75 Å². The molecule has 7 heteroatoms. The van der Waals surface area contributed by atoms with Crippen molar-refractivity contribution in [3.63, 3.8) is 0 Å². The number of benzene rings is 2. The van der Waals surface area contributed by atoms with Gasteiger partial charge in [0.25, 0.3) is 5.91 Å². The molecule has 0 bridgehead atoms. The van der Waals surface area contributed by atoms with Crippen LogP contribution in [0, 0.1) is 0 Å². The van der Waals surface area contributed by atoms with Crippen molar-refractivity contribution in [2.24, 2.45) is 0 Å². The lowest BCUT2D eigenvalue weighted by Gasteiger charge is -2.07. The van der Waals surface area contributed by atoms with E-state index in [9.17, 15) is 9.59 Å². The summed E-state index contributed by atoms with van der Waals surface area (Å²) in [4.78, 5) is 25.1. The molecule has 0 atom stereocenters. The van der Waals surface area contributed by atoms with E-state index in [1.54, 1.807) is 48.5 Å². The number of carbonyl (C=O) groups excluding carboxylic acids is 2. The van der Waals surface area contributed by atoms with E-state index in [-0.39, 0.29) is 11.7 Å². The summed E-state index contributed by atoms with van der Waals surface area (Å²) in [7, 11) is 1.50. The fourth-order valence-electron chi connectivity index (χ4n) is 2.50. The Kier molecular flexibility index (Phi) is 6.52. The van der Waals surface area contributed by atoms with E-state index in [0.717, 1.165) is 0 Å². The molecule has 0 saturated carbocycles. The quantitative estimate of drug-likeness (QED) is 0.372. The van der Waals surface area contributed by atoms with Crippen LogP contribution in [0.15, 0.2) is 60.0 Å². The zero-order chi connectivity index (χ0) is 20.1. The minimum atomic E-state index is -0.200. The van der Waals surface area contributed by atoms with Crippen LogP contribution in [0.4, 0.5) is 5.69 Å². The van der Waals surface area contributed by atoms with Crippen LogP contribution in [0.3, 0.4) is 0 Å². The normalized spacial score (nSPS) is 10.8. The Labute approximate surface area is 176 Å². The molecule has 3 aromatic rings. The standard InChI is InChI=1S/C21H15Cl2NO3S/c1-27-20-14(11-15(22)12-17(20)23)6-9-18(25)13-4-7-16(8-5-13)24-21(26)19-3-2-10-28-19/h2-12H,1H3,(H,24,26)/b9-6+. The summed E-state index contributed by atoms with van der Waals surface area (Å²) in [6.07, 6.45) is 3.02. The second-order valence-corrected chi connectivity index (χ2v) is 7.51. The molecule has 0 aliphatic carbocycles. The van der Waals surface area contributed by atoms with Gasteiger partial charge in [0, 0.05) is 21.8 Å². The third-order valence-corrected chi connectivity index (χ3v) is 5.20. The van der Waals surface area contributed by atoms with Crippen LogP contribution < -0.4 is 10.1 Å². The number of rotatable bonds is 6. The summed E-state index contributed by atoms with van der Waals surface area (Å²) in [5, 5.41) is 5.45. The molecule has 3 rings (SSSR count). The number of thiophene rings is 1. The third-order valence-electron chi connectivity index (χ3n) is 3.83. The van der Waals surface area contributed by atoms with Crippen molar-refractivity contribution in [3.05, 3.63) is 86.0 Å². The molecule has 1 aromatic heterocycles. The van der Waals surface area contributed by atoms with Crippen LogP contribution in [0.5, 0.6) is 5.75 Å². The molecule has 0 aliphatic rings. The Morgan fingerprint density at radius 3 is 2.50 bits per heavy atom. The Hall–Kier alpha value is -2.60. The molecule has 2 aromatic carbocycles. The van der Waals surface area contributed by atoms with Gasteiger partial charge in [0.2, 0.25) is 0 Å². The van der Waals surface area contributed by atoms with E-state index in [2.05, 4.69) is 5.32 Å². The van der Waals surface area contributed by atoms with Crippen molar-refractivity contribution in [1.82, 2.24) is 0 Å². The summed E-state index contributed by atoms with van der Waals surface area (Å²) >= 11 is 13.5. The number of carbonyl (C=O) groups is 2. The lowest BCUT2D eigenvalue weighted by atomic mass is 10.1. The average molecular weight is 432 g/mol. The largest absolute Gasteiger partial charge is 0.495 e. The molecule has 1 heterocycles. The molecule has 1 amide bonds. The second kappa shape index (κ2) is 9.06. The van der Waals surface area contributed by atoms with Crippen LogP contribution in [-0.4, -0.2) is 18.8 Å². The van der Waals surface area contributed by atoms with Gasteiger partial charge in [-0.2, -0.15) is 0 Å². The predicted molar refractivity (Wildman–Crippen MR) is 115 cm³/mol. The number of methoxy groups -OCH3 is 1. The first kappa shape index (κ1) is 20.1. The van der Waals surface area contributed by atoms with Gasteiger partial charge in [-0.3, -0.25) is 9.59 Å². The molecule has 28 heavy (non-hydrogen) atoms. The molecule has 0 fully saturated rings. The molecular weight excluding hydrogens is 417 g/mol. The van der Waals surface area contributed by atoms with Crippen molar-refractivity contribution in [2.45, 2.75) is 0 Å². The molecule has 0 saturated heterocycles. The monoisotopic (exact) mass is 431 g/mol. The van der Waals surface area contributed by atoms with Crippen LogP contribution in [0.1, 0.15) is 25.6 Å². The smallest absolute Gasteiger partial charge is 0.265 e. The molecular formula is C21H15Cl2NO3S. The highest BCUT2D eigenvalue weighted by atomic mass is 35.5. The Morgan fingerprint density at radius 2 is 1.86 bits per heavy atom. The molecule has 0 unspecified atom stereocenters. The minimum absolute atomic E-state index is 0.182. The first-order chi connectivity index (χ1) is 13.5. The Balaban J connectivity index is 1.71. The number of allylic oxidation sites excluding steroid dienone is 1. The van der Waals surface area contributed by atoms with Gasteiger partial charge < -0.3 is 10.1 Å². The molecule has 4 nitrogen and oxygen atoms in total. The zero-order valence-electron chi connectivity index (χ0n) is 14.7. The van der Waals surface area contributed by atoms with E-state index in [4.69, 9.17) is 27.9 Å². The highest BCUT2D eigenvalue weighted by Crippen LogP contribution is 2.33. The van der Waals surface area contributed by atoms with Gasteiger partial charge in [0.15, 0.2) is 5.78 Å². The molecule has 0 radical (unpaired) electrons. The highest BCUT2D eigenvalue weighted by Gasteiger charge is 2.10. The topological polar surface area (TPSA) is 55.4 Å². The summed E-state index contributed by atoms with van der Waals surface area (Å²) < 4.78 is 5.26. The van der Waals surface area contributed by atoms with Crippen LogP contribution in [0.2, 0.25) is 10.0 Å².